The number of halogens is 1. The number of methoxy groups -OCH3 is 1. The van der Waals surface area contributed by atoms with Gasteiger partial charge in [0.15, 0.2) is 11.5 Å². The number of nitrogens with one attached hydrogen (secondary N) is 2. The number of hydrogen-bond donors (Lipinski definition) is 2. The van der Waals surface area contributed by atoms with Crippen LogP contribution in [0.1, 0.15) is 5.56 Å². The van der Waals surface area contributed by atoms with Gasteiger partial charge in [-0.3, -0.25) is 0 Å². The normalized spacial score (nSPS) is 10.9. The Hall–Kier alpha value is -4.03. The monoisotopic (exact) mass is 484 g/mol. The average molecular weight is 485 g/mol. The largest absolute Gasteiger partial charge is 0.493 e. The number of nitrogens with zero attached hydrogens (tertiary/aromatic N) is 2. The van der Waals surface area contributed by atoms with Crippen molar-refractivity contribution in [1.82, 2.24) is 9.97 Å². The summed E-state index contributed by atoms with van der Waals surface area (Å²) in [5.74, 6) is 1.85. The summed E-state index contributed by atoms with van der Waals surface area (Å²) >= 11 is 6.25. The van der Waals surface area contributed by atoms with E-state index < -0.39 is 0 Å². The van der Waals surface area contributed by atoms with Crippen molar-refractivity contribution in [3.8, 4) is 11.5 Å². The summed E-state index contributed by atoms with van der Waals surface area (Å²) < 4.78 is 11.6. The predicted octanol–water partition coefficient (Wildman–Crippen LogP) is 6.55. The molecule has 7 heteroatoms. The van der Waals surface area contributed by atoms with Crippen molar-refractivity contribution in [2.24, 2.45) is 0 Å². The summed E-state index contributed by atoms with van der Waals surface area (Å²) in [5.41, 5.74) is 2.84. The lowest BCUT2D eigenvalue weighted by molar-refractivity contribution is 0.285. The van der Waals surface area contributed by atoms with Crippen LogP contribution in [-0.4, -0.2) is 30.2 Å². The molecule has 0 bridgehead atoms. The molecule has 1 heterocycles. The van der Waals surface area contributed by atoms with E-state index in [1.165, 1.54) is 10.8 Å². The first-order valence-corrected chi connectivity index (χ1v) is 11.8. The Morgan fingerprint density at radius 3 is 2.40 bits per heavy atom. The lowest BCUT2D eigenvalue weighted by Gasteiger charge is -2.15. The van der Waals surface area contributed by atoms with Crippen molar-refractivity contribution >= 4 is 44.8 Å². The average Bonchev–Trinajstić information content (AvgIpc) is 2.90. The minimum Gasteiger partial charge on any atom is -0.493 e. The molecule has 5 rings (SSSR count). The van der Waals surface area contributed by atoms with E-state index in [4.69, 9.17) is 21.1 Å². The van der Waals surface area contributed by atoms with E-state index in [-0.39, 0.29) is 5.28 Å². The van der Waals surface area contributed by atoms with Crippen LogP contribution in [0.5, 0.6) is 11.5 Å². The maximum Gasteiger partial charge on any atom is 0.224 e. The van der Waals surface area contributed by atoms with Gasteiger partial charge in [-0.15, -0.1) is 0 Å². The Labute approximate surface area is 208 Å². The SMILES string of the molecule is COc1cc2c(NCCNc3cccc4ccccc34)nc(Cl)nc2cc1OCc1ccccc1. The summed E-state index contributed by atoms with van der Waals surface area (Å²) in [6, 6.07) is 28.3. The van der Waals surface area contributed by atoms with Crippen LogP contribution in [0, 0.1) is 0 Å². The first-order chi connectivity index (χ1) is 17.2. The van der Waals surface area contributed by atoms with Crippen LogP contribution >= 0.6 is 11.6 Å². The molecule has 0 aliphatic rings. The van der Waals surface area contributed by atoms with E-state index in [0.29, 0.717) is 42.5 Å². The standard InChI is InChI=1S/C28H25ClN4O2/c1-34-25-16-22-24(17-26(25)35-18-19-8-3-2-4-9-19)32-28(29)33-27(22)31-15-14-30-23-13-7-11-20-10-5-6-12-21(20)23/h2-13,16-17,30H,14-15,18H2,1H3,(H,31,32,33). The van der Waals surface area contributed by atoms with Gasteiger partial charge in [0, 0.05) is 35.6 Å². The van der Waals surface area contributed by atoms with Crippen molar-refractivity contribution in [3.05, 3.63) is 95.8 Å². The highest BCUT2D eigenvalue weighted by Gasteiger charge is 2.13. The van der Waals surface area contributed by atoms with Crippen LogP contribution in [-0.2, 0) is 6.61 Å². The van der Waals surface area contributed by atoms with Crippen LogP contribution in [0.25, 0.3) is 21.7 Å². The lowest BCUT2D eigenvalue weighted by atomic mass is 10.1. The molecule has 0 amide bonds. The van der Waals surface area contributed by atoms with Gasteiger partial charge >= 0.3 is 0 Å². The zero-order valence-electron chi connectivity index (χ0n) is 19.3. The van der Waals surface area contributed by atoms with E-state index in [9.17, 15) is 0 Å². The molecule has 0 saturated carbocycles. The molecule has 0 aliphatic carbocycles. The Balaban J connectivity index is 1.32. The third kappa shape index (κ3) is 5.23. The van der Waals surface area contributed by atoms with Crippen molar-refractivity contribution < 1.29 is 9.47 Å². The number of hydrogen-bond acceptors (Lipinski definition) is 6. The fourth-order valence-corrected chi connectivity index (χ4v) is 4.18. The van der Waals surface area contributed by atoms with Crippen LogP contribution < -0.4 is 20.1 Å². The van der Waals surface area contributed by atoms with Crippen molar-refractivity contribution in [1.29, 1.82) is 0 Å². The highest BCUT2D eigenvalue weighted by molar-refractivity contribution is 6.28. The molecule has 1 aromatic heterocycles. The van der Waals surface area contributed by atoms with Gasteiger partial charge in [-0.25, -0.2) is 9.97 Å². The van der Waals surface area contributed by atoms with E-state index >= 15 is 0 Å². The molecule has 0 spiro atoms. The molecule has 0 fully saturated rings. The van der Waals surface area contributed by atoms with Gasteiger partial charge in [0.05, 0.1) is 12.6 Å². The minimum absolute atomic E-state index is 0.168. The number of rotatable bonds is 9. The van der Waals surface area contributed by atoms with Crippen molar-refractivity contribution in [2.75, 3.05) is 30.8 Å². The molecule has 4 aromatic carbocycles. The van der Waals surface area contributed by atoms with E-state index in [0.717, 1.165) is 16.6 Å². The van der Waals surface area contributed by atoms with E-state index in [1.54, 1.807) is 7.11 Å². The van der Waals surface area contributed by atoms with Crippen LogP contribution in [0.4, 0.5) is 11.5 Å². The fraction of sp³-hybridized carbons (Fsp3) is 0.143. The van der Waals surface area contributed by atoms with Gasteiger partial charge in [-0.1, -0.05) is 66.7 Å². The van der Waals surface area contributed by atoms with Gasteiger partial charge in [0.1, 0.15) is 12.4 Å². The summed E-state index contributed by atoms with van der Waals surface area (Å²) in [5, 5.41) is 10.3. The molecule has 35 heavy (non-hydrogen) atoms. The van der Waals surface area contributed by atoms with Crippen molar-refractivity contribution in [3.63, 3.8) is 0 Å². The lowest BCUT2D eigenvalue weighted by Crippen LogP contribution is -2.15. The highest BCUT2D eigenvalue weighted by atomic mass is 35.5. The van der Waals surface area contributed by atoms with Gasteiger partial charge < -0.3 is 20.1 Å². The third-order valence-electron chi connectivity index (χ3n) is 5.71. The predicted molar refractivity (Wildman–Crippen MR) is 143 cm³/mol. The zero-order valence-corrected chi connectivity index (χ0v) is 20.0. The van der Waals surface area contributed by atoms with Gasteiger partial charge in [0.25, 0.3) is 0 Å². The topological polar surface area (TPSA) is 68.3 Å². The Morgan fingerprint density at radius 2 is 1.54 bits per heavy atom. The Bertz CT molecular complexity index is 1460. The molecule has 5 aromatic rings. The first kappa shape index (κ1) is 22.7. The second-order valence-corrected chi connectivity index (χ2v) is 8.35. The van der Waals surface area contributed by atoms with Gasteiger partial charge in [-0.2, -0.15) is 0 Å². The second kappa shape index (κ2) is 10.5. The van der Waals surface area contributed by atoms with Crippen LogP contribution in [0.15, 0.2) is 84.9 Å². The minimum atomic E-state index is 0.168. The number of anilines is 2. The maximum absolute atomic E-state index is 6.25. The quantitative estimate of drug-likeness (QED) is 0.183. The zero-order chi connectivity index (χ0) is 24.0. The highest BCUT2D eigenvalue weighted by Crippen LogP contribution is 2.35. The molecule has 2 N–H and O–H groups in total. The smallest absolute Gasteiger partial charge is 0.224 e. The second-order valence-electron chi connectivity index (χ2n) is 8.02. The molecular formula is C28H25ClN4O2. The van der Waals surface area contributed by atoms with E-state index in [1.807, 2.05) is 54.6 Å². The Morgan fingerprint density at radius 1 is 0.771 bits per heavy atom. The molecule has 0 unspecified atom stereocenters. The number of aromatic nitrogens is 2. The van der Waals surface area contributed by atoms with Gasteiger partial charge in [0.2, 0.25) is 5.28 Å². The van der Waals surface area contributed by atoms with Gasteiger partial charge in [-0.05, 0) is 34.7 Å². The summed E-state index contributed by atoms with van der Waals surface area (Å²) in [6.07, 6.45) is 0. The first-order valence-electron chi connectivity index (χ1n) is 11.4. The van der Waals surface area contributed by atoms with Crippen LogP contribution in [0.2, 0.25) is 5.28 Å². The molecule has 176 valence electrons. The third-order valence-corrected chi connectivity index (χ3v) is 5.88. The molecule has 0 saturated heterocycles. The molecule has 0 atom stereocenters. The Kier molecular flexibility index (Phi) is 6.82. The van der Waals surface area contributed by atoms with Crippen LogP contribution in [0.3, 0.4) is 0 Å². The molecule has 0 radical (unpaired) electrons. The number of fused-ring (bicyclic) bond motifs is 2. The molecular weight excluding hydrogens is 460 g/mol. The fourth-order valence-electron chi connectivity index (χ4n) is 4.01. The molecule has 6 nitrogen and oxygen atoms in total. The summed E-state index contributed by atoms with van der Waals surface area (Å²) in [4.78, 5) is 8.81. The summed E-state index contributed by atoms with van der Waals surface area (Å²) in [7, 11) is 1.62. The molecule has 0 aliphatic heterocycles. The summed E-state index contributed by atoms with van der Waals surface area (Å²) in [6.45, 7) is 1.76. The number of benzene rings is 4. The van der Waals surface area contributed by atoms with E-state index in [2.05, 4.69) is 50.9 Å². The maximum atomic E-state index is 6.25. The van der Waals surface area contributed by atoms with Crippen molar-refractivity contribution in [2.45, 2.75) is 6.61 Å². The number of ether oxygens (including phenoxy) is 2.